The van der Waals surface area contributed by atoms with Gasteiger partial charge in [-0.05, 0) is 11.6 Å². The number of aldehydes is 1. The maximum Gasteiger partial charge on any atom is 0.350 e. The fraction of sp³-hybridized carbons (Fsp3) is 0.200. The van der Waals surface area contributed by atoms with Gasteiger partial charge in [0.2, 0.25) is 12.1 Å². The van der Waals surface area contributed by atoms with Crippen molar-refractivity contribution in [1.29, 1.82) is 0 Å². The molecule has 0 saturated carbocycles. The first-order valence-electron chi connectivity index (χ1n) is 5.08. The van der Waals surface area contributed by atoms with Crippen molar-refractivity contribution in [2.24, 2.45) is 0 Å². The quantitative estimate of drug-likeness (QED) is 0.262. The van der Waals surface area contributed by atoms with E-state index in [0.29, 0.717) is 10.6 Å². The Labute approximate surface area is 113 Å². The lowest BCUT2D eigenvalue weighted by atomic mass is 10.3. The van der Waals surface area contributed by atoms with Crippen molar-refractivity contribution in [2.75, 3.05) is 7.05 Å². The molecule has 1 rings (SSSR count). The standard InChI is InChI=1S/C10H11ClN4O4/c1-12-10(8(6-16)15(18)19)14(17)5-7-2-3-9(11)13-4-7/h2-4,6,12,17H,5H2,1H3/b10-8+. The zero-order valence-electron chi connectivity index (χ0n) is 9.91. The Hall–Kier alpha value is -2.19. The van der Waals surface area contributed by atoms with Crippen molar-refractivity contribution in [3.63, 3.8) is 0 Å². The highest BCUT2D eigenvalue weighted by molar-refractivity contribution is 6.29. The Morgan fingerprint density at radius 1 is 1.68 bits per heavy atom. The number of hydrogen-bond acceptors (Lipinski definition) is 7. The summed E-state index contributed by atoms with van der Waals surface area (Å²) in [5.41, 5.74) is -0.208. The van der Waals surface area contributed by atoms with Crippen LogP contribution in [0.2, 0.25) is 5.15 Å². The number of carbonyl (C=O) groups is 1. The Kier molecular flexibility index (Phi) is 5.22. The third-order valence-electron chi connectivity index (χ3n) is 2.17. The summed E-state index contributed by atoms with van der Waals surface area (Å²) < 4.78 is 0. The summed E-state index contributed by atoms with van der Waals surface area (Å²) in [7, 11) is 1.35. The summed E-state index contributed by atoms with van der Waals surface area (Å²) in [6, 6.07) is 3.11. The molecular weight excluding hydrogens is 276 g/mol. The van der Waals surface area contributed by atoms with E-state index in [1.165, 1.54) is 19.3 Å². The van der Waals surface area contributed by atoms with Crippen LogP contribution in [0, 0.1) is 10.1 Å². The van der Waals surface area contributed by atoms with Gasteiger partial charge in [-0.15, -0.1) is 0 Å². The molecule has 8 nitrogen and oxygen atoms in total. The summed E-state index contributed by atoms with van der Waals surface area (Å²) in [5.74, 6) is -0.310. The highest BCUT2D eigenvalue weighted by Crippen LogP contribution is 2.11. The monoisotopic (exact) mass is 286 g/mol. The fourth-order valence-corrected chi connectivity index (χ4v) is 1.44. The molecule has 0 bridgehead atoms. The van der Waals surface area contributed by atoms with Crippen LogP contribution in [0.15, 0.2) is 29.8 Å². The third kappa shape index (κ3) is 3.90. The molecule has 0 atom stereocenters. The minimum atomic E-state index is -0.887. The topological polar surface area (TPSA) is 109 Å². The van der Waals surface area contributed by atoms with Gasteiger partial charge in [-0.25, -0.2) is 10.0 Å². The number of halogens is 1. The molecule has 102 valence electrons. The van der Waals surface area contributed by atoms with E-state index in [0.717, 1.165) is 0 Å². The van der Waals surface area contributed by atoms with Crippen LogP contribution in [0.5, 0.6) is 0 Å². The molecule has 0 spiro atoms. The minimum absolute atomic E-state index is 0.0508. The molecule has 0 aliphatic rings. The van der Waals surface area contributed by atoms with E-state index >= 15 is 0 Å². The second-order valence-electron chi connectivity index (χ2n) is 3.41. The lowest BCUT2D eigenvalue weighted by Crippen LogP contribution is -2.30. The lowest BCUT2D eigenvalue weighted by molar-refractivity contribution is -0.421. The number of aromatic nitrogens is 1. The van der Waals surface area contributed by atoms with Gasteiger partial charge in [-0.3, -0.25) is 20.1 Å². The normalized spacial score (nSPS) is 11.5. The first-order chi connectivity index (χ1) is 8.99. The van der Waals surface area contributed by atoms with E-state index < -0.39 is 10.6 Å². The molecule has 1 heterocycles. The number of carbonyl (C=O) groups excluding carboxylic acids is 1. The average molecular weight is 287 g/mol. The predicted molar refractivity (Wildman–Crippen MR) is 65.7 cm³/mol. The number of nitrogens with one attached hydrogen (secondary N) is 1. The van der Waals surface area contributed by atoms with Gasteiger partial charge in [-0.1, -0.05) is 17.7 Å². The van der Waals surface area contributed by atoms with E-state index in [1.807, 2.05) is 0 Å². The predicted octanol–water partition coefficient (Wildman–Crippen LogP) is 0.790. The van der Waals surface area contributed by atoms with E-state index in [2.05, 4.69) is 10.3 Å². The molecule has 0 aromatic carbocycles. The number of hydrogen-bond donors (Lipinski definition) is 2. The number of hydroxylamine groups is 2. The van der Waals surface area contributed by atoms with Crippen molar-refractivity contribution in [2.45, 2.75) is 6.54 Å². The number of pyridine rings is 1. The molecule has 1 aromatic heterocycles. The molecule has 9 heteroatoms. The zero-order chi connectivity index (χ0) is 14.4. The maximum atomic E-state index is 10.6. The highest BCUT2D eigenvalue weighted by Gasteiger charge is 2.21. The number of nitro groups is 1. The Morgan fingerprint density at radius 2 is 2.37 bits per heavy atom. The molecule has 2 N–H and O–H groups in total. The van der Waals surface area contributed by atoms with Gasteiger partial charge >= 0.3 is 5.70 Å². The van der Waals surface area contributed by atoms with Crippen LogP contribution in [0.4, 0.5) is 0 Å². The van der Waals surface area contributed by atoms with Gasteiger partial charge in [-0.2, -0.15) is 0 Å². The number of nitrogens with zero attached hydrogens (tertiary/aromatic N) is 3. The Morgan fingerprint density at radius 3 is 2.79 bits per heavy atom. The van der Waals surface area contributed by atoms with Crippen LogP contribution in [0.25, 0.3) is 0 Å². The van der Waals surface area contributed by atoms with Crippen LogP contribution in [0.1, 0.15) is 5.56 Å². The number of allylic oxidation sites excluding steroid dienone is 1. The van der Waals surface area contributed by atoms with Gasteiger partial charge in [0.15, 0.2) is 0 Å². The Balaban J connectivity index is 2.96. The SMILES string of the molecule is CN/C(=C(/C=O)[N+](=O)[O-])N(O)Cc1ccc(Cl)nc1. The van der Waals surface area contributed by atoms with Crippen LogP contribution < -0.4 is 5.32 Å². The van der Waals surface area contributed by atoms with E-state index in [4.69, 9.17) is 11.6 Å². The van der Waals surface area contributed by atoms with Crippen molar-refractivity contribution < 1.29 is 14.9 Å². The second kappa shape index (κ2) is 6.66. The molecule has 19 heavy (non-hydrogen) atoms. The van der Waals surface area contributed by atoms with E-state index in [-0.39, 0.29) is 23.8 Å². The van der Waals surface area contributed by atoms with Crippen molar-refractivity contribution in [3.8, 4) is 0 Å². The molecule has 0 amide bonds. The second-order valence-corrected chi connectivity index (χ2v) is 3.79. The van der Waals surface area contributed by atoms with Gasteiger partial charge in [0.05, 0.1) is 11.5 Å². The smallest absolute Gasteiger partial charge is 0.350 e. The molecule has 0 saturated heterocycles. The molecule has 0 unspecified atom stereocenters. The third-order valence-corrected chi connectivity index (χ3v) is 2.39. The fourth-order valence-electron chi connectivity index (χ4n) is 1.33. The largest absolute Gasteiger partial charge is 0.367 e. The van der Waals surface area contributed by atoms with Crippen LogP contribution in [0.3, 0.4) is 0 Å². The molecule has 0 radical (unpaired) electrons. The lowest BCUT2D eigenvalue weighted by Gasteiger charge is -2.18. The maximum absolute atomic E-state index is 10.6. The average Bonchev–Trinajstić information content (AvgIpc) is 2.37. The summed E-state index contributed by atoms with van der Waals surface area (Å²) >= 11 is 5.61. The molecular formula is C10H11ClN4O4. The molecule has 0 aliphatic carbocycles. The molecule has 0 aliphatic heterocycles. The zero-order valence-corrected chi connectivity index (χ0v) is 10.7. The number of rotatable bonds is 6. The van der Waals surface area contributed by atoms with E-state index in [9.17, 15) is 20.1 Å². The van der Waals surface area contributed by atoms with Crippen LogP contribution >= 0.6 is 11.6 Å². The van der Waals surface area contributed by atoms with Crippen molar-refractivity contribution >= 4 is 17.9 Å². The van der Waals surface area contributed by atoms with Gasteiger partial charge in [0, 0.05) is 13.2 Å². The highest BCUT2D eigenvalue weighted by atomic mass is 35.5. The van der Waals surface area contributed by atoms with Crippen molar-refractivity contribution in [3.05, 3.63) is 50.7 Å². The summed E-state index contributed by atoms with van der Waals surface area (Å²) in [6.45, 7) is -0.0917. The Bertz CT molecular complexity index is 503. The van der Waals surface area contributed by atoms with Gasteiger partial charge < -0.3 is 5.32 Å². The summed E-state index contributed by atoms with van der Waals surface area (Å²) in [4.78, 5) is 24.2. The molecule has 0 fully saturated rings. The summed E-state index contributed by atoms with van der Waals surface area (Å²) in [5, 5.41) is 23.7. The van der Waals surface area contributed by atoms with Crippen molar-refractivity contribution in [1.82, 2.24) is 15.4 Å². The van der Waals surface area contributed by atoms with Gasteiger partial charge in [0.25, 0.3) is 0 Å². The molecule has 1 aromatic rings. The summed E-state index contributed by atoms with van der Waals surface area (Å²) in [6.07, 6.45) is 1.46. The first-order valence-corrected chi connectivity index (χ1v) is 5.45. The van der Waals surface area contributed by atoms with Gasteiger partial charge in [0.1, 0.15) is 5.15 Å². The van der Waals surface area contributed by atoms with E-state index in [1.54, 1.807) is 6.07 Å². The first kappa shape index (κ1) is 14.9. The van der Waals surface area contributed by atoms with Crippen LogP contribution in [-0.4, -0.2) is 33.5 Å². The minimum Gasteiger partial charge on any atom is -0.367 e. The van der Waals surface area contributed by atoms with Crippen LogP contribution in [-0.2, 0) is 11.3 Å².